The van der Waals surface area contributed by atoms with Crippen LogP contribution in [0.1, 0.15) is 27.2 Å². The van der Waals surface area contributed by atoms with Crippen LogP contribution in [0.25, 0.3) is 0 Å². The third-order valence-electron chi connectivity index (χ3n) is 3.16. The summed E-state index contributed by atoms with van der Waals surface area (Å²) in [6.07, 6.45) is 5.79. The molecule has 23 heavy (non-hydrogen) atoms. The van der Waals surface area contributed by atoms with Crippen molar-refractivity contribution in [1.82, 2.24) is 0 Å². The lowest BCUT2D eigenvalue weighted by atomic mass is 9.78. The van der Waals surface area contributed by atoms with Gasteiger partial charge in [-0.3, -0.25) is 4.79 Å². The van der Waals surface area contributed by atoms with Crippen molar-refractivity contribution in [3.8, 4) is 0 Å². The minimum absolute atomic E-state index is 0.173. The van der Waals surface area contributed by atoms with Gasteiger partial charge in [0.25, 0.3) is 0 Å². The Morgan fingerprint density at radius 3 is 2.43 bits per heavy atom. The zero-order valence-electron chi connectivity index (χ0n) is 14.3. The lowest BCUT2D eigenvalue weighted by Crippen LogP contribution is -2.36. The number of methoxy groups -OCH3 is 2. The van der Waals surface area contributed by atoms with E-state index in [1.54, 1.807) is 18.2 Å². The third-order valence-corrected chi connectivity index (χ3v) is 3.16. The summed E-state index contributed by atoms with van der Waals surface area (Å²) < 4.78 is 9.63. The van der Waals surface area contributed by atoms with Gasteiger partial charge < -0.3 is 9.47 Å². The molecule has 0 saturated carbocycles. The number of ether oxygens (including phenoxy) is 2. The van der Waals surface area contributed by atoms with Crippen molar-refractivity contribution >= 4 is 11.9 Å². The van der Waals surface area contributed by atoms with E-state index in [-0.39, 0.29) is 12.0 Å². The van der Waals surface area contributed by atoms with Crippen molar-refractivity contribution in [3.63, 3.8) is 0 Å². The topological polar surface area (TPSA) is 71.1 Å². The van der Waals surface area contributed by atoms with Gasteiger partial charge in [0.2, 0.25) is 0 Å². The van der Waals surface area contributed by atoms with Gasteiger partial charge in [0, 0.05) is 0 Å². The molecular weight excluding hydrogens is 300 g/mol. The van der Waals surface area contributed by atoms with E-state index in [4.69, 9.17) is 19.2 Å². The van der Waals surface area contributed by atoms with Gasteiger partial charge >= 0.3 is 11.9 Å². The van der Waals surface area contributed by atoms with E-state index < -0.39 is 29.1 Å². The van der Waals surface area contributed by atoms with Crippen LogP contribution < -0.4 is 0 Å². The Labute approximate surface area is 136 Å². The first-order valence-corrected chi connectivity index (χ1v) is 7.23. The summed E-state index contributed by atoms with van der Waals surface area (Å²) in [6, 6.07) is 0. The van der Waals surface area contributed by atoms with Crippen molar-refractivity contribution in [2.75, 3.05) is 14.2 Å². The molecule has 0 aromatic rings. The summed E-state index contributed by atoms with van der Waals surface area (Å²) in [7, 11) is 2.55. The minimum atomic E-state index is -1.11. The Kier molecular flexibility index (Phi) is 6.29. The van der Waals surface area contributed by atoms with E-state index in [9.17, 15) is 9.59 Å². The van der Waals surface area contributed by atoms with Gasteiger partial charge in [-0.1, -0.05) is 18.2 Å². The Hall–Kier alpha value is -1.92. The predicted molar refractivity (Wildman–Crippen MR) is 84.2 cm³/mol. The summed E-state index contributed by atoms with van der Waals surface area (Å²) in [5.41, 5.74) is -1.49. The molecule has 0 amide bonds. The molecule has 0 N–H and O–H groups in total. The molecule has 2 atom stereocenters. The lowest BCUT2D eigenvalue weighted by molar-refractivity contribution is -0.358. The van der Waals surface area contributed by atoms with Crippen LogP contribution in [-0.2, 0) is 28.8 Å². The van der Waals surface area contributed by atoms with Crippen LogP contribution in [0.15, 0.2) is 36.5 Å². The Balaban J connectivity index is 3.18. The summed E-state index contributed by atoms with van der Waals surface area (Å²) >= 11 is 0. The maximum absolute atomic E-state index is 12.2. The number of carbonyl (C=O) groups is 2. The van der Waals surface area contributed by atoms with E-state index >= 15 is 0 Å². The van der Waals surface area contributed by atoms with Gasteiger partial charge in [-0.25, -0.2) is 14.6 Å². The molecule has 0 bridgehead atoms. The van der Waals surface area contributed by atoms with Gasteiger partial charge in [-0.2, -0.15) is 0 Å². The average Bonchev–Trinajstić information content (AvgIpc) is 2.51. The maximum atomic E-state index is 12.2. The number of rotatable bonds is 6. The van der Waals surface area contributed by atoms with Gasteiger partial charge in [0.05, 0.1) is 25.4 Å². The van der Waals surface area contributed by atoms with Crippen molar-refractivity contribution < 1.29 is 28.8 Å². The second-order valence-electron chi connectivity index (χ2n) is 6.19. The molecule has 6 heteroatoms. The molecule has 1 aliphatic carbocycles. The highest BCUT2D eigenvalue weighted by molar-refractivity contribution is 5.93. The van der Waals surface area contributed by atoms with E-state index in [2.05, 4.69) is 6.58 Å². The molecule has 0 fully saturated rings. The molecule has 6 nitrogen and oxygen atoms in total. The van der Waals surface area contributed by atoms with Crippen molar-refractivity contribution in [1.29, 1.82) is 0 Å². The first-order valence-electron chi connectivity index (χ1n) is 7.23. The number of esters is 2. The van der Waals surface area contributed by atoms with Crippen molar-refractivity contribution in [2.45, 2.75) is 38.9 Å². The van der Waals surface area contributed by atoms with Crippen LogP contribution >= 0.6 is 0 Å². The molecule has 0 heterocycles. The fraction of sp³-hybridized carbons (Fsp3) is 0.529. The molecule has 128 valence electrons. The van der Waals surface area contributed by atoms with Crippen LogP contribution in [0.5, 0.6) is 0 Å². The summed E-state index contributed by atoms with van der Waals surface area (Å²) in [5, 5.41) is 0. The van der Waals surface area contributed by atoms with Gasteiger partial charge in [0.15, 0.2) is 0 Å². The molecule has 0 radical (unpaired) electrons. The highest BCUT2D eigenvalue weighted by atomic mass is 17.2. The van der Waals surface area contributed by atoms with Crippen LogP contribution in [0.3, 0.4) is 0 Å². The van der Waals surface area contributed by atoms with Crippen LogP contribution in [0.2, 0.25) is 0 Å². The molecule has 1 rings (SSSR count). The summed E-state index contributed by atoms with van der Waals surface area (Å²) in [6.45, 7) is 9.10. The average molecular weight is 324 g/mol. The first-order chi connectivity index (χ1) is 10.7. The van der Waals surface area contributed by atoms with E-state index in [1.807, 2.05) is 20.8 Å². The Morgan fingerprint density at radius 2 is 1.96 bits per heavy atom. The normalized spacial score (nSPS) is 23.9. The van der Waals surface area contributed by atoms with Crippen molar-refractivity contribution in [2.24, 2.45) is 5.41 Å². The molecule has 1 aliphatic rings. The molecule has 0 aromatic heterocycles. The quantitative estimate of drug-likeness (QED) is 0.323. The second kappa shape index (κ2) is 7.57. The monoisotopic (exact) mass is 324 g/mol. The number of hydrogen-bond donors (Lipinski definition) is 0. The molecule has 0 saturated heterocycles. The first kappa shape index (κ1) is 19.1. The van der Waals surface area contributed by atoms with Crippen LogP contribution in [0, 0.1) is 5.41 Å². The van der Waals surface area contributed by atoms with Crippen LogP contribution in [0.4, 0.5) is 0 Å². The highest BCUT2D eigenvalue weighted by Crippen LogP contribution is 2.35. The van der Waals surface area contributed by atoms with Crippen molar-refractivity contribution in [3.05, 3.63) is 36.5 Å². The smallest absolute Gasteiger partial charge is 0.336 e. The lowest BCUT2D eigenvalue weighted by Gasteiger charge is -2.30. The summed E-state index contributed by atoms with van der Waals surface area (Å²) in [4.78, 5) is 34.8. The van der Waals surface area contributed by atoms with E-state index in [1.165, 1.54) is 20.3 Å². The second-order valence-corrected chi connectivity index (χ2v) is 6.19. The zero-order valence-corrected chi connectivity index (χ0v) is 14.3. The summed E-state index contributed by atoms with van der Waals surface area (Å²) in [5.74, 6) is -1.10. The highest BCUT2D eigenvalue weighted by Gasteiger charge is 2.40. The minimum Gasteiger partial charge on any atom is -0.468 e. The number of hydrogen-bond acceptors (Lipinski definition) is 6. The number of allylic oxidation sites excluding steroid dienone is 1. The molecule has 0 spiro atoms. The Bertz CT molecular complexity index is 526. The molecular formula is C17H24O6. The van der Waals surface area contributed by atoms with Crippen LogP contribution in [-0.4, -0.2) is 37.9 Å². The fourth-order valence-corrected chi connectivity index (χ4v) is 2.11. The molecule has 2 unspecified atom stereocenters. The largest absolute Gasteiger partial charge is 0.468 e. The third kappa shape index (κ3) is 4.77. The van der Waals surface area contributed by atoms with Gasteiger partial charge in [0.1, 0.15) is 11.5 Å². The fourth-order valence-electron chi connectivity index (χ4n) is 2.11. The maximum Gasteiger partial charge on any atom is 0.336 e. The zero-order chi connectivity index (χ0) is 17.7. The standard InChI is InChI=1S/C17H24O6/c1-7-9-17(15(19)21-6)10-8-13(22-23-16(2,3)4)12(11-17)14(18)20-5/h7-8,10-11,13H,1,9H2,2-6H3. The SMILES string of the molecule is C=CCC1(C(=O)OC)C=CC(OOC(C)(C)C)C(C(=O)OC)=C1. The molecule has 0 aromatic carbocycles. The predicted octanol–water partition coefficient (Wildman–Crippen LogP) is 2.51. The molecule has 0 aliphatic heterocycles. The number of carbonyl (C=O) groups excluding carboxylic acids is 2. The Morgan fingerprint density at radius 1 is 1.30 bits per heavy atom. The van der Waals surface area contributed by atoms with Gasteiger partial charge in [-0.15, -0.1) is 6.58 Å². The van der Waals surface area contributed by atoms with E-state index in [0.29, 0.717) is 0 Å². The van der Waals surface area contributed by atoms with E-state index in [0.717, 1.165) is 0 Å². The van der Waals surface area contributed by atoms with Gasteiger partial charge in [-0.05, 0) is 33.3 Å².